The van der Waals surface area contributed by atoms with Crippen LogP contribution in [0.4, 0.5) is 4.79 Å². The van der Waals surface area contributed by atoms with Gasteiger partial charge in [0.05, 0.1) is 0 Å². The quantitative estimate of drug-likeness (QED) is 0.250. The number of nitrogens with zero attached hydrogens (tertiary/aromatic N) is 1. The van der Waals surface area contributed by atoms with Crippen LogP contribution in [0.15, 0.2) is 12.7 Å². The summed E-state index contributed by atoms with van der Waals surface area (Å²) in [6, 6.07) is 0. The van der Waals surface area contributed by atoms with Crippen molar-refractivity contribution in [3.05, 3.63) is 12.7 Å². The number of hydrogen-bond acceptors (Lipinski definition) is 3. The van der Waals surface area contributed by atoms with Gasteiger partial charge in [0.1, 0.15) is 6.61 Å². The zero-order valence-corrected chi connectivity index (χ0v) is 5.33. The first-order valence-corrected chi connectivity index (χ1v) is 2.44. The lowest BCUT2D eigenvalue weighted by Gasteiger charge is -2.07. The smallest absolute Gasteiger partial charge is 0.424 e. The number of amides is 1. The summed E-state index contributed by atoms with van der Waals surface area (Å²) < 4.78 is 4.50. The zero-order valence-electron chi connectivity index (χ0n) is 5.33. The summed E-state index contributed by atoms with van der Waals surface area (Å²) in [5.41, 5.74) is 0. The van der Waals surface area contributed by atoms with E-state index in [0.717, 1.165) is 5.01 Å². The Balaban J connectivity index is 3.38. The first-order valence-electron chi connectivity index (χ1n) is 2.44. The highest BCUT2D eigenvalue weighted by Gasteiger charge is 2.01. The second-order valence-corrected chi connectivity index (χ2v) is 1.48. The molecule has 0 aliphatic heterocycles. The van der Waals surface area contributed by atoms with Gasteiger partial charge in [-0.05, 0) is 0 Å². The summed E-state index contributed by atoms with van der Waals surface area (Å²) in [4.78, 5) is 10.4. The molecule has 0 bridgehead atoms. The van der Waals surface area contributed by atoms with Gasteiger partial charge in [0.25, 0.3) is 0 Å². The van der Waals surface area contributed by atoms with Gasteiger partial charge in [-0.25, -0.2) is 15.6 Å². The van der Waals surface area contributed by atoms with Crippen LogP contribution in [0, 0.1) is 0 Å². The number of hydrazine groups is 1. The third-order valence-corrected chi connectivity index (χ3v) is 0.613. The maximum Gasteiger partial charge on any atom is 0.424 e. The molecule has 2 N–H and O–H groups in total. The van der Waals surface area contributed by atoms with Crippen molar-refractivity contribution >= 4 is 6.09 Å². The first kappa shape index (κ1) is 7.97. The van der Waals surface area contributed by atoms with Crippen LogP contribution in [0.3, 0.4) is 0 Å². The van der Waals surface area contributed by atoms with Gasteiger partial charge in [0.15, 0.2) is 0 Å². The van der Waals surface area contributed by atoms with Crippen LogP contribution in [0.5, 0.6) is 0 Å². The molecule has 52 valence electrons. The molecule has 0 aliphatic rings. The molecule has 0 aromatic carbocycles. The van der Waals surface area contributed by atoms with Crippen LogP contribution in [-0.2, 0) is 4.74 Å². The van der Waals surface area contributed by atoms with Crippen LogP contribution < -0.4 is 5.84 Å². The molecule has 0 unspecified atom stereocenters. The lowest BCUT2D eigenvalue weighted by molar-refractivity contribution is 0.122. The Morgan fingerprint density at radius 1 is 2.00 bits per heavy atom. The lowest BCUT2D eigenvalue weighted by atomic mass is 10.7. The molecule has 0 heterocycles. The van der Waals surface area contributed by atoms with Crippen molar-refractivity contribution < 1.29 is 9.53 Å². The fraction of sp³-hybridized carbons (Fsp3) is 0.400. The van der Waals surface area contributed by atoms with E-state index in [0.29, 0.717) is 0 Å². The van der Waals surface area contributed by atoms with E-state index >= 15 is 0 Å². The second kappa shape index (κ2) is 3.91. The van der Waals surface area contributed by atoms with Crippen molar-refractivity contribution in [1.29, 1.82) is 0 Å². The Morgan fingerprint density at radius 3 is 2.89 bits per heavy atom. The van der Waals surface area contributed by atoms with Gasteiger partial charge in [-0.3, -0.25) is 0 Å². The summed E-state index contributed by atoms with van der Waals surface area (Å²) in [7, 11) is 1.41. The SMILES string of the molecule is C=CCOC(=O)N(C)N. The fourth-order valence-electron chi connectivity index (χ4n) is 0.232. The number of rotatable bonds is 2. The number of ether oxygens (including phenoxy) is 1. The number of carbonyl (C=O) groups is 1. The van der Waals surface area contributed by atoms with Gasteiger partial charge >= 0.3 is 6.09 Å². The van der Waals surface area contributed by atoms with E-state index in [9.17, 15) is 4.79 Å². The van der Waals surface area contributed by atoms with E-state index in [4.69, 9.17) is 5.84 Å². The van der Waals surface area contributed by atoms with Gasteiger partial charge < -0.3 is 4.74 Å². The van der Waals surface area contributed by atoms with Crippen LogP contribution in [0.25, 0.3) is 0 Å². The third kappa shape index (κ3) is 3.54. The van der Waals surface area contributed by atoms with Crippen molar-refractivity contribution in [1.82, 2.24) is 5.01 Å². The van der Waals surface area contributed by atoms with Gasteiger partial charge in [0, 0.05) is 7.05 Å². The summed E-state index contributed by atoms with van der Waals surface area (Å²) in [5, 5.41) is 0.865. The Kier molecular flexibility index (Phi) is 3.46. The summed E-state index contributed by atoms with van der Waals surface area (Å²) in [5.74, 6) is 5.00. The normalized spacial score (nSPS) is 8.22. The van der Waals surface area contributed by atoms with E-state index in [-0.39, 0.29) is 6.61 Å². The van der Waals surface area contributed by atoms with Crippen LogP contribution in [0.2, 0.25) is 0 Å². The van der Waals surface area contributed by atoms with Gasteiger partial charge in [0.2, 0.25) is 0 Å². The average Bonchev–Trinajstić information content (AvgIpc) is 1.82. The Morgan fingerprint density at radius 2 is 2.56 bits per heavy atom. The molecule has 0 spiro atoms. The van der Waals surface area contributed by atoms with E-state index < -0.39 is 6.09 Å². The number of carbonyl (C=O) groups excluding carboxylic acids is 1. The van der Waals surface area contributed by atoms with E-state index in [1.165, 1.54) is 13.1 Å². The maximum atomic E-state index is 10.4. The highest BCUT2D eigenvalue weighted by atomic mass is 16.6. The molecule has 0 radical (unpaired) electrons. The highest BCUT2D eigenvalue weighted by Crippen LogP contribution is 1.81. The molecule has 4 heteroatoms. The predicted molar refractivity (Wildman–Crippen MR) is 33.5 cm³/mol. The monoisotopic (exact) mass is 130 g/mol. The second-order valence-electron chi connectivity index (χ2n) is 1.48. The van der Waals surface area contributed by atoms with Crippen LogP contribution >= 0.6 is 0 Å². The molecule has 0 atom stereocenters. The molecule has 9 heavy (non-hydrogen) atoms. The summed E-state index contributed by atoms with van der Waals surface area (Å²) >= 11 is 0. The predicted octanol–water partition coefficient (Wildman–Crippen LogP) is 0.115. The lowest BCUT2D eigenvalue weighted by Crippen LogP contribution is -2.33. The molecule has 0 aromatic heterocycles. The van der Waals surface area contributed by atoms with Crippen molar-refractivity contribution in [2.75, 3.05) is 13.7 Å². The number of nitrogens with two attached hydrogens (primary N) is 1. The molecule has 4 nitrogen and oxygen atoms in total. The van der Waals surface area contributed by atoms with Crippen LogP contribution in [0.1, 0.15) is 0 Å². The minimum absolute atomic E-state index is 0.195. The van der Waals surface area contributed by atoms with Gasteiger partial charge in [-0.1, -0.05) is 12.7 Å². The first-order chi connectivity index (χ1) is 4.18. The topological polar surface area (TPSA) is 55.6 Å². The minimum Gasteiger partial charge on any atom is -0.444 e. The molecule has 0 rings (SSSR count). The van der Waals surface area contributed by atoms with Crippen molar-refractivity contribution in [2.24, 2.45) is 5.84 Å². The maximum absolute atomic E-state index is 10.4. The van der Waals surface area contributed by atoms with Crippen LogP contribution in [-0.4, -0.2) is 24.8 Å². The molecule has 0 aliphatic carbocycles. The van der Waals surface area contributed by atoms with E-state index in [1.807, 2.05) is 0 Å². The van der Waals surface area contributed by atoms with Crippen molar-refractivity contribution in [2.45, 2.75) is 0 Å². The minimum atomic E-state index is -0.560. The Hall–Kier alpha value is -1.03. The summed E-state index contributed by atoms with van der Waals surface area (Å²) in [6.45, 7) is 3.55. The van der Waals surface area contributed by atoms with E-state index in [2.05, 4.69) is 11.3 Å². The van der Waals surface area contributed by atoms with E-state index in [1.54, 1.807) is 0 Å². The third-order valence-electron chi connectivity index (χ3n) is 0.613. The molecular formula is C5H10N2O2. The van der Waals surface area contributed by atoms with Crippen molar-refractivity contribution in [3.63, 3.8) is 0 Å². The molecule has 0 saturated carbocycles. The summed E-state index contributed by atoms with van der Waals surface area (Å²) in [6.07, 6.45) is 0.913. The van der Waals surface area contributed by atoms with Gasteiger partial charge in [-0.15, -0.1) is 0 Å². The Labute approximate surface area is 53.9 Å². The molecular weight excluding hydrogens is 120 g/mol. The molecule has 1 amide bonds. The molecule has 0 fully saturated rings. The highest BCUT2D eigenvalue weighted by molar-refractivity contribution is 5.66. The average molecular weight is 130 g/mol. The largest absolute Gasteiger partial charge is 0.444 e. The Bertz CT molecular complexity index is 112. The van der Waals surface area contributed by atoms with Gasteiger partial charge in [-0.2, -0.15) is 0 Å². The van der Waals surface area contributed by atoms with Crippen molar-refractivity contribution in [3.8, 4) is 0 Å². The molecule has 0 saturated heterocycles. The zero-order chi connectivity index (χ0) is 7.28. The standard InChI is InChI=1S/C5H10N2O2/c1-3-4-9-5(8)7(2)6/h3H,1,4,6H2,2H3. The molecule has 0 aromatic rings. The fourth-order valence-corrected chi connectivity index (χ4v) is 0.232. The number of hydrogen-bond donors (Lipinski definition) is 1.